The Hall–Kier alpha value is -2.62. The number of aryl methyl sites for hydroxylation is 1. The Kier molecular flexibility index (Phi) is 10.5. The van der Waals surface area contributed by atoms with Gasteiger partial charge >= 0.3 is 0 Å². The minimum atomic E-state index is -0.437. The van der Waals surface area contributed by atoms with E-state index in [9.17, 15) is 9.59 Å². The lowest BCUT2D eigenvalue weighted by molar-refractivity contribution is -0.140. The van der Waals surface area contributed by atoms with Gasteiger partial charge in [-0.25, -0.2) is 0 Å². The van der Waals surface area contributed by atoms with Gasteiger partial charge in [0.25, 0.3) is 0 Å². The fourth-order valence-electron chi connectivity index (χ4n) is 3.78. The van der Waals surface area contributed by atoms with Crippen LogP contribution in [-0.2, 0) is 22.4 Å². The Morgan fingerprint density at radius 3 is 2.06 bits per heavy atom. The van der Waals surface area contributed by atoms with Crippen LogP contribution in [0, 0.1) is 5.92 Å². The molecule has 0 radical (unpaired) electrons. The van der Waals surface area contributed by atoms with Gasteiger partial charge in [0.15, 0.2) is 0 Å². The molecule has 4 heteroatoms. The average molecular weight is 437 g/mol. The third kappa shape index (κ3) is 8.14. The lowest BCUT2D eigenvalue weighted by atomic mass is 10.00. The molecule has 0 bridgehead atoms. The fraction of sp³-hybridized carbons (Fsp3) is 0.500. The Balaban J connectivity index is 2.09. The van der Waals surface area contributed by atoms with Crippen molar-refractivity contribution in [2.75, 3.05) is 13.1 Å². The van der Waals surface area contributed by atoms with Crippen LogP contribution in [0.3, 0.4) is 0 Å². The van der Waals surface area contributed by atoms with Crippen molar-refractivity contribution in [3.8, 4) is 0 Å². The number of hydrogen-bond donors (Lipinski definition) is 1. The molecule has 2 aromatic carbocycles. The number of nitrogens with one attached hydrogen (secondary N) is 1. The van der Waals surface area contributed by atoms with E-state index in [1.165, 1.54) is 11.1 Å². The van der Waals surface area contributed by atoms with Crippen LogP contribution in [0.15, 0.2) is 54.6 Å². The molecule has 0 aliphatic rings. The van der Waals surface area contributed by atoms with Crippen molar-refractivity contribution in [3.63, 3.8) is 0 Å². The largest absolute Gasteiger partial charge is 0.354 e. The highest BCUT2D eigenvalue weighted by Crippen LogP contribution is 2.17. The summed E-state index contributed by atoms with van der Waals surface area (Å²) < 4.78 is 0. The van der Waals surface area contributed by atoms with Crippen LogP contribution in [0.5, 0.6) is 0 Å². The van der Waals surface area contributed by atoms with Crippen molar-refractivity contribution in [1.29, 1.82) is 0 Å². The average Bonchev–Trinajstić information content (AvgIpc) is 2.79. The first kappa shape index (κ1) is 25.6. The molecule has 0 unspecified atom stereocenters. The van der Waals surface area contributed by atoms with Crippen LogP contribution in [0.25, 0.3) is 0 Å². The van der Waals surface area contributed by atoms with Crippen LogP contribution in [0.2, 0.25) is 0 Å². The maximum Gasteiger partial charge on any atom is 0.242 e. The van der Waals surface area contributed by atoms with Gasteiger partial charge in [-0.3, -0.25) is 9.59 Å². The van der Waals surface area contributed by atoms with Gasteiger partial charge in [0.05, 0.1) is 0 Å². The first-order valence-electron chi connectivity index (χ1n) is 12.0. The highest BCUT2D eigenvalue weighted by molar-refractivity contribution is 5.87. The number of carbonyl (C=O) groups excluding carboxylic acids is 2. The molecule has 0 saturated carbocycles. The topological polar surface area (TPSA) is 49.4 Å². The minimum Gasteiger partial charge on any atom is -0.354 e. The monoisotopic (exact) mass is 436 g/mol. The third-order valence-electron chi connectivity index (χ3n) is 5.83. The Morgan fingerprint density at radius 1 is 0.875 bits per heavy atom. The summed E-state index contributed by atoms with van der Waals surface area (Å²) in [7, 11) is 0. The summed E-state index contributed by atoms with van der Waals surface area (Å²) in [6.07, 6.45) is 2.43. The van der Waals surface area contributed by atoms with E-state index in [4.69, 9.17) is 0 Å². The molecule has 0 aliphatic carbocycles. The van der Waals surface area contributed by atoms with Gasteiger partial charge in [0.2, 0.25) is 11.8 Å². The SMILES string of the molecule is CC[C@H](C(=O)NCC(C)C)N(CCc1ccccc1)C(=O)CCc1ccc(C(C)C)cc1. The van der Waals surface area contributed by atoms with E-state index in [2.05, 4.69) is 69.4 Å². The summed E-state index contributed by atoms with van der Waals surface area (Å²) in [4.78, 5) is 28.0. The molecule has 2 aromatic rings. The molecular formula is C28H40N2O2. The second kappa shape index (κ2) is 13.0. The molecule has 2 rings (SSSR count). The second-order valence-electron chi connectivity index (χ2n) is 9.28. The molecule has 0 aromatic heterocycles. The molecule has 4 nitrogen and oxygen atoms in total. The van der Waals surface area contributed by atoms with E-state index in [1.54, 1.807) is 4.90 Å². The molecule has 0 saturated heterocycles. The van der Waals surface area contributed by atoms with Gasteiger partial charge in [-0.15, -0.1) is 0 Å². The number of amides is 2. The maximum atomic E-state index is 13.3. The lowest BCUT2D eigenvalue weighted by Crippen LogP contribution is -2.50. The first-order valence-corrected chi connectivity index (χ1v) is 12.0. The normalized spacial score (nSPS) is 12.1. The van der Waals surface area contributed by atoms with E-state index in [0.29, 0.717) is 44.2 Å². The van der Waals surface area contributed by atoms with Gasteiger partial charge in [0, 0.05) is 19.5 Å². The highest BCUT2D eigenvalue weighted by Gasteiger charge is 2.28. The van der Waals surface area contributed by atoms with E-state index in [-0.39, 0.29) is 11.8 Å². The van der Waals surface area contributed by atoms with Crippen LogP contribution in [-0.4, -0.2) is 35.8 Å². The van der Waals surface area contributed by atoms with Crippen molar-refractivity contribution >= 4 is 11.8 Å². The summed E-state index contributed by atoms with van der Waals surface area (Å²) in [6.45, 7) is 11.7. The number of rotatable bonds is 12. The number of nitrogens with zero attached hydrogens (tertiary/aromatic N) is 1. The Morgan fingerprint density at radius 2 is 1.50 bits per heavy atom. The van der Waals surface area contributed by atoms with Crippen molar-refractivity contribution in [2.24, 2.45) is 5.92 Å². The maximum absolute atomic E-state index is 13.3. The minimum absolute atomic E-state index is 0.0421. The van der Waals surface area contributed by atoms with Crippen LogP contribution in [0.4, 0.5) is 0 Å². The first-order chi connectivity index (χ1) is 15.3. The molecule has 1 N–H and O–H groups in total. The summed E-state index contributed by atoms with van der Waals surface area (Å²) in [5.74, 6) is 0.858. The van der Waals surface area contributed by atoms with Gasteiger partial charge in [0.1, 0.15) is 6.04 Å². The molecule has 0 spiro atoms. The summed E-state index contributed by atoms with van der Waals surface area (Å²) in [5.41, 5.74) is 3.63. The zero-order valence-electron chi connectivity index (χ0n) is 20.4. The predicted octanol–water partition coefficient (Wildman–Crippen LogP) is 5.36. The number of carbonyl (C=O) groups is 2. The van der Waals surface area contributed by atoms with Gasteiger partial charge in [-0.1, -0.05) is 89.2 Å². The molecular weight excluding hydrogens is 396 g/mol. The molecule has 174 valence electrons. The lowest BCUT2D eigenvalue weighted by Gasteiger charge is -2.31. The Bertz CT molecular complexity index is 828. The van der Waals surface area contributed by atoms with Crippen molar-refractivity contribution in [1.82, 2.24) is 10.2 Å². The molecule has 32 heavy (non-hydrogen) atoms. The van der Waals surface area contributed by atoms with Crippen molar-refractivity contribution in [2.45, 2.75) is 72.3 Å². The molecule has 2 amide bonds. The summed E-state index contributed by atoms with van der Waals surface area (Å²) in [5, 5.41) is 3.02. The number of benzene rings is 2. The molecule has 1 atom stereocenters. The van der Waals surface area contributed by atoms with Crippen LogP contribution >= 0.6 is 0 Å². The van der Waals surface area contributed by atoms with E-state index < -0.39 is 6.04 Å². The van der Waals surface area contributed by atoms with E-state index >= 15 is 0 Å². The molecule has 0 heterocycles. The smallest absolute Gasteiger partial charge is 0.242 e. The molecule has 0 fully saturated rings. The standard InChI is InChI=1S/C28H40N2O2/c1-6-26(28(32)29-20-21(2)3)30(19-18-23-10-8-7-9-11-23)27(31)17-14-24-12-15-25(16-13-24)22(4)5/h7-13,15-16,21-22,26H,6,14,17-20H2,1-5H3,(H,29,32)/t26-/m1/s1. The number of hydrogen-bond acceptors (Lipinski definition) is 2. The quantitative estimate of drug-likeness (QED) is 0.487. The van der Waals surface area contributed by atoms with Gasteiger partial charge in [-0.05, 0) is 47.8 Å². The second-order valence-corrected chi connectivity index (χ2v) is 9.28. The summed E-state index contributed by atoms with van der Waals surface area (Å²) >= 11 is 0. The van der Waals surface area contributed by atoms with E-state index in [1.807, 2.05) is 25.1 Å². The van der Waals surface area contributed by atoms with Crippen LogP contribution in [0.1, 0.15) is 70.1 Å². The third-order valence-corrected chi connectivity index (χ3v) is 5.83. The zero-order chi connectivity index (χ0) is 23.5. The van der Waals surface area contributed by atoms with Crippen molar-refractivity contribution < 1.29 is 9.59 Å². The molecule has 0 aliphatic heterocycles. The highest BCUT2D eigenvalue weighted by atomic mass is 16.2. The van der Waals surface area contributed by atoms with Gasteiger partial charge < -0.3 is 10.2 Å². The van der Waals surface area contributed by atoms with Gasteiger partial charge in [-0.2, -0.15) is 0 Å². The Labute approximate surface area is 194 Å². The van der Waals surface area contributed by atoms with E-state index in [0.717, 1.165) is 12.0 Å². The fourth-order valence-corrected chi connectivity index (χ4v) is 3.78. The predicted molar refractivity (Wildman–Crippen MR) is 133 cm³/mol. The van der Waals surface area contributed by atoms with Crippen molar-refractivity contribution in [3.05, 3.63) is 71.3 Å². The zero-order valence-corrected chi connectivity index (χ0v) is 20.4. The van der Waals surface area contributed by atoms with Crippen LogP contribution < -0.4 is 5.32 Å². The summed E-state index contributed by atoms with van der Waals surface area (Å²) in [6, 6.07) is 18.2.